The summed E-state index contributed by atoms with van der Waals surface area (Å²) in [6, 6.07) is 9.88. The molecule has 1 aromatic heterocycles. The fourth-order valence-electron chi connectivity index (χ4n) is 1.36. The summed E-state index contributed by atoms with van der Waals surface area (Å²) in [6.07, 6.45) is 1.85. The lowest BCUT2D eigenvalue weighted by Crippen LogP contribution is -1.96. The highest BCUT2D eigenvalue weighted by Gasteiger charge is 1.99. The topological polar surface area (TPSA) is 38.0 Å². The second kappa shape index (κ2) is 3.64. The van der Waals surface area contributed by atoms with Crippen molar-refractivity contribution in [2.24, 2.45) is 0 Å². The molecule has 0 amide bonds. The SMILES string of the molecule is Cc1cccc(-n2ccc(CO)n2)c1. The van der Waals surface area contributed by atoms with Crippen LogP contribution in [0.3, 0.4) is 0 Å². The fraction of sp³-hybridized carbons (Fsp3) is 0.182. The van der Waals surface area contributed by atoms with Gasteiger partial charge in [0, 0.05) is 6.20 Å². The van der Waals surface area contributed by atoms with Crippen molar-refractivity contribution in [1.29, 1.82) is 0 Å². The minimum atomic E-state index is -0.0151. The van der Waals surface area contributed by atoms with Gasteiger partial charge in [-0.2, -0.15) is 5.10 Å². The lowest BCUT2D eigenvalue weighted by Gasteiger charge is -2.01. The highest BCUT2D eigenvalue weighted by Crippen LogP contribution is 2.09. The number of aliphatic hydroxyl groups excluding tert-OH is 1. The van der Waals surface area contributed by atoms with Crippen LogP contribution in [0.25, 0.3) is 5.69 Å². The van der Waals surface area contributed by atoms with Crippen LogP contribution in [0, 0.1) is 6.92 Å². The Hall–Kier alpha value is -1.61. The van der Waals surface area contributed by atoms with E-state index in [1.165, 1.54) is 5.56 Å². The van der Waals surface area contributed by atoms with Gasteiger partial charge >= 0.3 is 0 Å². The van der Waals surface area contributed by atoms with Crippen molar-refractivity contribution in [1.82, 2.24) is 9.78 Å². The average molecular weight is 188 g/mol. The molecule has 1 N–H and O–H groups in total. The van der Waals surface area contributed by atoms with E-state index in [2.05, 4.69) is 5.10 Å². The normalized spacial score (nSPS) is 10.4. The van der Waals surface area contributed by atoms with Crippen LogP contribution in [-0.2, 0) is 6.61 Å². The molecule has 0 radical (unpaired) electrons. The standard InChI is InChI=1S/C11H12N2O/c1-9-3-2-4-11(7-9)13-6-5-10(8-14)12-13/h2-7,14H,8H2,1H3. The zero-order valence-electron chi connectivity index (χ0n) is 8.01. The van der Waals surface area contributed by atoms with Crippen LogP contribution in [0.15, 0.2) is 36.5 Å². The summed E-state index contributed by atoms with van der Waals surface area (Å²) in [4.78, 5) is 0. The summed E-state index contributed by atoms with van der Waals surface area (Å²) < 4.78 is 1.76. The van der Waals surface area contributed by atoms with Crippen LogP contribution in [0.2, 0.25) is 0 Å². The van der Waals surface area contributed by atoms with Crippen LogP contribution in [0.5, 0.6) is 0 Å². The summed E-state index contributed by atoms with van der Waals surface area (Å²) in [5.41, 5.74) is 2.90. The van der Waals surface area contributed by atoms with Crippen molar-refractivity contribution in [2.75, 3.05) is 0 Å². The van der Waals surface area contributed by atoms with E-state index in [4.69, 9.17) is 5.11 Å². The molecule has 0 aliphatic carbocycles. The third-order valence-electron chi connectivity index (χ3n) is 2.07. The number of hydrogen-bond donors (Lipinski definition) is 1. The summed E-state index contributed by atoms with van der Waals surface area (Å²) in [5.74, 6) is 0. The number of benzene rings is 1. The molecule has 0 fully saturated rings. The molecule has 72 valence electrons. The van der Waals surface area contributed by atoms with Gasteiger partial charge in [0.25, 0.3) is 0 Å². The monoisotopic (exact) mass is 188 g/mol. The third-order valence-corrected chi connectivity index (χ3v) is 2.07. The maximum absolute atomic E-state index is 8.88. The molecule has 1 heterocycles. The Labute approximate surface area is 82.6 Å². The van der Waals surface area contributed by atoms with Gasteiger partial charge in [-0.25, -0.2) is 4.68 Å². The summed E-state index contributed by atoms with van der Waals surface area (Å²) in [5, 5.41) is 13.1. The van der Waals surface area contributed by atoms with Gasteiger partial charge in [0.05, 0.1) is 18.0 Å². The van der Waals surface area contributed by atoms with Gasteiger partial charge < -0.3 is 5.11 Å². The van der Waals surface area contributed by atoms with Crippen molar-refractivity contribution in [3.05, 3.63) is 47.8 Å². The first-order chi connectivity index (χ1) is 6.79. The summed E-state index contributed by atoms with van der Waals surface area (Å²) in [6.45, 7) is 2.03. The van der Waals surface area contributed by atoms with Crippen LogP contribution < -0.4 is 0 Å². The molecule has 0 aliphatic heterocycles. The lowest BCUT2D eigenvalue weighted by atomic mass is 10.2. The van der Waals surface area contributed by atoms with Crippen molar-refractivity contribution >= 4 is 0 Å². The van der Waals surface area contributed by atoms with Gasteiger partial charge in [-0.3, -0.25) is 0 Å². The van der Waals surface area contributed by atoms with E-state index in [0.717, 1.165) is 5.69 Å². The minimum Gasteiger partial charge on any atom is -0.390 e. The molecule has 0 unspecified atom stereocenters. The van der Waals surface area contributed by atoms with Crippen molar-refractivity contribution in [3.63, 3.8) is 0 Å². The van der Waals surface area contributed by atoms with Gasteiger partial charge in [0.15, 0.2) is 0 Å². The molecule has 0 spiro atoms. The molecular weight excluding hydrogens is 176 g/mol. The highest BCUT2D eigenvalue weighted by molar-refractivity contribution is 5.34. The Morgan fingerprint density at radius 3 is 2.86 bits per heavy atom. The summed E-state index contributed by atoms with van der Waals surface area (Å²) in [7, 11) is 0. The maximum atomic E-state index is 8.88. The van der Waals surface area contributed by atoms with E-state index >= 15 is 0 Å². The van der Waals surface area contributed by atoms with E-state index in [1.807, 2.05) is 43.5 Å². The number of aromatic nitrogens is 2. The molecule has 14 heavy (non-hydrogen) atoms. The van der Waals surface area contributed by atoms with Gasteiger partial charge in [-0.15, -0.1) is 0 Å². The molecule has 1 aromatic carbocycles. The number of aliphatic hydroxyl groups is 1. The molecule has 3 heteroatoms. The van der Waals surface area contributed by atoms with Crippen molar-refractivity contribution in [3.8, 4) is 5.69 Å². The zero-order valence-corrected chi connectivity index (χ0v) is 8.01. The first-order valence-electron chi connectivity index (χ1n) is 4.52. The van der Waals surface area contributed by atoms with Crippen LogP contribution in [0.1, 0.15) is 11.3 Å². The second-order valence-corrected chi connectivity index (χ2v) is 3.25. The van der Waals surface area contributed by atoms with Crippen LogP contribution >= 0.6 is 0 Å². The van der Waals surface area contributed by atoms with E-state index < -0.39 is 0 Å². The molecule has 0 bridgehead atoms. The zero-order chi connectivity index (χ0) is 9.97. The molecule has 2 aromatic rings. The van der Waals surface area contributed by atoms with Crippen LogP contribution in [0.4, 0.5) is 0 Å². The van der Waals surface area contributed by atoms with Crippen molar-refractivity contribution < 1.29 is 5.11 Å². The van der Waals surface area contributed by atoms with E-state index in [9.17, 15) is 0 Å². The molecule has 3 nitrogen and oxygen atoms in total. The van der Waals surface area contributed by atoms with Gasteiger partial charge in [0.1, 0.15) is 0 Å². The number of hydrogen-bond acceptors (Lipinski definition) is 2. The summed E-state index contributed by atoms with van der Waals surface area (Å²) >= 11 is 0. The second-order valence-electron chi connectivity index (χ2n) is 3.25. The van der Waals surface area contributed by atoms with E-state index in [1.54, 1.807) is 4.68 Å². The first kappa shape index (κ1) is 8.97. The quantitative estimate of drug-likeness (QED) is 0.778. The Morgan fingerprint density at radius 2 is 2.21 bits per heavy atom. The Morgan fingerprint density at radius 1 is 1.36 bits per heavy atom. The van der Waals surface area contributed by atoms with E-state index in [0.29, 0.717) is 5.69 Å². The van der Waals surface area contributed by atoms with Crippen LogP contribution in [-0.4, -0.2) is 14.9 Å². The number of nitrogens with zero attached hydrogens (tertiary/aromatic N) is 2. The maximum Gasteiger partial charge on any atom is 0.0883 e. The average Bonchev–Trinajstić information content (AvgIpc) is 2.66. The molecule has 0 aliphatic rings. The lowest BCUT2D eigenvalue weighted by molar-refractivity contribution is 0.276. The molecule has 0 saturated heterocycles. The highest BCUT2D eigenvalue weighted by atomic mass is 16.3. The largest absolute Gasteiger partial charge is 0.390 e. The Bertz CT molecular complexity index is 434. The Balaban J connectivity index is 2.39. The first-order valence-corrected chi connectivity index (χ1v) is 4.52. The predicted octanol–water partition coefficient (Wildman–Crippen LogP) is 1.67. The molecule has 0 atom stereocenters. The molecule has 2 rings (SSSR count). The van der Waals surface area contributed by atoms with Crippen molar-refractivity contribution in [2.45, 2.75) is 13.5 Å². The van der Waals surface area contributed by atoms with Gasteiger partial charge in [0.2, 0.25) is 0 Å². The van der Waals surface area contributed by atoms with E-state index in [-0.39, 0.29) is 6.61 Å². The minimum absolute atomic E-state index is 0.0151. The number of aryl methyl sites for hydroxylation is 1. The Kier molecular flexibility index (Phi) is 2.33. The molecule has 0 saturated carbocycles. The smallest absolute Gasteiger partial charge is 0.0883 e. The third kappa shape index (κ3) is 1.67. The van der Waals surface area contributed by atoms with Gasteiger partial charge in [-0.05, 0) is 30.7 Å². The molecular formula is C11H12N2O. The fourth-order valence-corrected chi connectivity index (χ4v) is 1.36. The number of rotatable bonds is 2. The predicted molar refractivity (Wildman–Crippen MR) is 54.2 cm³/mol. The van der Waals surface area contributed by atoms with Gasteiger partial charge in [-0.1, -0.05) is 12.1 Å².